The SMILES string of the molecule is [2H]c1c([2H])c(N(c2c([2H])c([2H])c(-c3cccc4ccccc34)c([2H])c2[2H])c2c([2H])c([2H])c([2H])c3oc4c5c([2H])c([2H])c([2H])c([2H])c5c([2H])c([2H])c4c23)c([2H])c([2H])c1-c1cccc(-c2ccc3ccccc3c2)c1. The van der Waals surface area contributed by atoms with Gasteiger partial charge in [-0.15, -0.1) is 0 Å². The molecule has 0 radical (unpaired) electrons. The van der Waals surface area contributed by atoms with Crippen LogP contribution in [0.15, 0.2) is 216 Å². The number of furan rings is 1. The number of anilines is 3. The largest absolute Gasteiger partial charge is 0.455 e. The summed E-state index contributed by atoms with van der Waals surface area (Å²) in [5, 5.41) is 1.71. The molecule has 0 fully saturated rings. The van der Waals surface area contributed by atoms with Crippen molar-refractivity contribution in [3.8, 4) is 33.4 Å². The second kappa shape index (κ2) is 13.2. The van der Waals surface area contributed by atoms with Gasteiger partial charge in [0.15, 0.2) is 0 Å². The Labute approximate surface area is 349 Å². The number of fused-ring (bicyclic) bond motifs is 7. The van der Waals surface area contributed by atoms with E-state index in [1.54, 1.807) is 48.5 Å². The Balaban J connectivity index is 1.26. The molecular weight excluding hydrogens is 679 g/mol. The monoisotopic (exact) mass is 730 g/mol. The molecule has 2 heteroatoms. The van der Waals surface area contributed by atoms with Crippen molar-refractivity contribution in [3.63, 3.8) is 0 Å². The lowest BCUT2D eigenvalue weighted by Gasteiger charge is -2.27. The fraction of sp³-hybridized carbons (Fsp3) is 0. The van der Waals surface area contributed by atoms with Crippen molar-refractivity contribution < 1.29 is 27.7 Å². The second-order valence-electron chi connectivity index (χ2n) is 13.2. The van der Waals surface area contributed by atoms with Crippen LogP contribution in [0.4, 0.5) is 17.1 Å². The van der Waals surface area contributed by atoms with Gasteiger partial charge in [0, 0.05) is 22.1 Å². The molecule has 0 aliphatic rings. The third-order valence-electron chi connectivity index (χ3n) is 9.92. The van der Waals surface area contributed by atoms with E-state index < -0.39 is 147 Å². The van der Waals surface area contributed by atoms with Crippen LogP contribution in [0.2, 0.25) is 0 Å². The van der Waals surface area contributed by atoms with Gasteiger partial charge in [0.25, 0.3) is 0 Å². The van der Waals surface area contributed by atoms with Crippen LogP contribution in [-0.4, -0.2) is 0 Å². The summed E-state index contributed by atoms with van der Waals surface area (Å²) in [4.78, 5) is 0.800. The zero-order valence-electron chi connectivity index (χ0n) is 46.2. The van der Waals surface area contributed by atoms with E-state index >= 15 is 0 Å². The van der Waals surface area contributed by atoms with Crippen LogP contribution in [0.25, 0.3) is 87.6 Å². The molecule has 1 heterocycles. The van der Waals surface area contributed by atoms with Crippen molar-refractivity contribution in [2.75, 3.05) is 4.90 Å². The summed E-state index contributed by atoms with van der Waals surface area (Å²) in [5.41, 5.74) is -1.18. The van der Waals surface area contributed by atoms with Gasteiger partial charge in [-0.3, -0.25) is 0 Å². The molecule has 0 aliphatic carbocycles. The molecule has 0 saturated heterocycles. The number of rotatable bonds is 6. The van der Waals surface area contributed by atoms with E-state index in [2.05, 4.69) is 0 Å². The maximum absolute atomic E-state index is 9.79. The van der Waals surface area contributed by atoms with Crippen LogP contribution >= 0.6 is 0 Å². The first-order valence-corrected chi connectivity index (χ1v) is 17.8. The average Bonchev–Trinajstić information content (AvgIpc) is 3.79. The highest BCUT2D eigenvalue weighted by atomic mass is 16.3. The van der Waals surface area contributed by atoms with Crippen molar-refractivity contribution in [1.82, 2.24) is 0 Å². The Morgan fingerprint density at radius 2 is 1.07 bits per heavy atom. The van der Waals surface area contributed by atoms with Gasteiger partial charge in [-0.2, -0.15) is 0 Å². The van der Waals surface area contributed by atoms with E-state index in [4.69, 9.17) is 14.0 Å². The number of nitrogens with zero attached hydrogens (tertiary/aromatic N) is 1. The van der Waals surface area contributed by atoms with Gasteiger partial charge < -0.3 is 9.32 Å². The van der Waals surface area contributed by atoms with Gasteiger partial charge in [0.05, 0.1) is 34.4 Å². The smallest absolute Gasteiger partial charge is 0.143 e. The first kappa shape index (κ1) is 19.3. The first-order chi connectivity index (χ1) is 34.8. The minimum Gasteiger partial charge on any atom is -0.455 e. The van der Waals surface area contributed by atoms with Gasteiger partial charge in [-0.05, 0) is 115 Å². The summed E-state index contributed by atoms with van der Waals surface area (Å²) < 4.78 is 164. The molecular formula is C54H35NO. The van der Waals surface area contributed by atoms with Crippen LogP contribution < -0.4 is 4.90 Å². The zero-order chi connectivity index (χ0) is 51.8. The van der Waals surface area contributed by atoms with Crippen LogP contribution in [0.5, 0.6) is 0 Å². The molecule has 11 aromatic rings. The average molecular weight is 731 g/mol. The van der Waals surface area contributed by atoms with Gasteiger partial charge in [-0.25, -0.2) is 0 Å². The van der Waals surface area contributed by atoms with Crippen LogP contribution in [0, 0.1) is 0 Å². The van der Waals surface area contributed by atoms with Crippen molar-refractivity contribution in [1.29, 1.82) is 0 Å². The van der Waals surface area contributed by atoms with E-state index in [-0.39, 0.29) is 16.5 Å². The Morgan fingerprint density at radius 1 is 0.393 bits per heavy atom. The molecule has 0 N–H and O–H groups in total. The highest BCUT2D eigenvalue weighted by Crippen LogP contribution is 2.45. The summed E-state index contributed by atoms with van der Waals surface area (Å²) in [7, 11) is 0. The van der Waals surface area contributed by atoms with Crippen molar-refractivity contribution in [3.05, 3.63) is 212 Å². The Morgan fingerprint density at radius 3 is 1.91 bits per heavy atom. The molecule has 0 unspecified atom stereocenters. The van der Waals surface area contributed by atoms with E-state index in [1.165, 1.54) is 0 Å². The highest BCUT2D eigenvalue weighted by molar-refractivity contribution is 6.19. The first-order valence-electron chi connectivity index (χ1n) is 26.3. The minimum absolute atomic E-state index is 0.128. The molecule has 10 aromatic carbocycles. The standard InChI is InChI=1S/C54H35NO/c1-2-13-41-35-44(23-22-36(41)10-1)43-16-7-15-42(34-43)37-24-29-45(30-25-37)55(46-31-26-40(27-32-46)48-19-8-14-38-11-3-5-17-47(38)48)51-20-9-21-52-53(51)50-33-28-39-12-4-6-18-49(39)54(50)56-52/h1-35H/i4D,6D,9D,12D,18D,20D,21D,24D,25D,26D,27D,28D,29D,30D,31D,32D,33D. The van der Waals surface area contributed by atoms with E-state index in [0.29, 0.717) is 22.1 Å². The van der Waals surface area contributed by atoms with Crippen molar-refractivity contribution in [2.45, 2.75) is 0 Å². The fourth-order valence-electron chi connectivity index (χ4n) is 7.24. The van der Waals surface area contributed by atoms with Gasteiger partial charge in [0.1, 0.15) is 11.2 Å². The summed E-state index contributed by atoms with van der Waals surface area (Å²) in [6.07, 6.45) is 0. The van der Waals surface area contributed by atoms with Crippen LogP contribution in [0.3, 0.4) is 0 Å². The second-order valence-corrected chi connectivity index (χ2v) is 13.2. The molecule has 0 aliphatic heterocycles. The third-order valence-corrected chi connectivity index (χ3v) is 9.92. The molecule has 0 amide bonds. The Hall–Kier alpha value is -7.42. The fourth-order valence-corrected chi connectivity index (χ4v) is 7.24. The topological polar surface area (TPSA) is 16.4 Å². The van der Waals surface area contributed by atoms with Gasteiger partial charge >= 0.3 is 0 Å². The quantitative estimate of drug-likeness (QED) is 0.169. The zero-order valence-corrected chi connectivity index (χ0v) is 29.2. The predicted octanol–water partition coefficient (Wildman–Crippen LogP) is 15.5. The van der Waals surface area contributed by atoms with Crippen LogP contribution in [0.1, 0.15) is 23.3 Å². The maximum Gasteiger partial charge on any atom is 0.143 e. The van der Waals surface area contributed by atoms with Crippen molar-refractivity contribution >= 4 is 71.3 Å². The third kappa shape index (κ3) is 5.42. The van der Waals surface area contributed by atoms with Gasteiger partial charge in [0.2, 0.25) is 0 Å². The lowest BCUT2D eigenvalue weighted by atomic mass is 9.97. The number of hydrogen-bond donors (Lipinski definition) is 0. The molecule has 56 heavy (non-hydrogen) atoms. The molecule has 262 valence electrons. The molecule has 0 bridgehead atoms. The lowest BCUT2D eigenvalue weighted by molar-refractivity contribution is 0.672. The normalized spacial score (nSPS) is 15.8. The molecule has 0 spiro atoms. The molecule has 0 saturated carbocycles. The number of benzene rings is 10. The van der Waals surface area contributed by atoms with E-state index in [1.807, 2.05) is 60.7 Å². The minimum atomic E-state index is -0.875. The Bertz CT molecular complexity index is 4200. The van der Waals surface area contributed by atoms with Crippen LogP contribution in [-0.2, 0) is 0 Å². The highest BCUT2D eigenvalue weighted by Gasteiger charge is 2.21. The molecule has 11 rings (SSSR count). The van der Waals surface area contributed by atoms with E-state index in [0.717, 1.165) is 26.6 Å². The number of hydrogen-bond acceptors (Lipinski definition) is 2. The molecule has 2 nitrogen and oxygen atoms in total. The summed E-state index contributed by atoms with van der Waals surface area (Å²) in [6.45, 7) is 0. The predicted molar refractivity (Wildman–Crippen MR) is 237 cm³/mol. The van der Waals surface area contributed by atoms with E-state index in [9.17, 15) is 13.7 Å². The Kier molecular flexibility index (Phi) is 4.52. The molecule has 0 atom stereocenters. The van der Waals surface area contributed by atoms with Crippen molar-refractivity contribution in [2.24, 2.45) is 0 Å². The molecule has 1 aromatic heterocycles. The lowest BCUT2D eigenvalue weighted by Crippen LogP contribution is -2.10. The van der Waals surface area contributed by atoms with Gasteiger partial charge in [-0.1, -0.05) is 157 Å². The maximum atomic E-state index is 9.79. The summed E-state index contributed by atoms with van der Waals surface area (Å²) in [5.74, 6) is 0. The summed E-state index contributed by atoms with van der Waals surface area (Å²) >= 11 is 0. The summed E-state index contributed by atoms with van der Waals surface area (Å²) in [6, 6.07) is 20.7.